The van der Waals surface area contributed by atoms with E-state index < -0.39 is 5.91 Å². The van der Waals surface area contributed by atoms with E-state index in [1.807, 2.05) is 6.92 Å². The number of aryl methyl sites for hydroxylation is 1. The van der Waals surface area contributed by atoms with Crippen molar-refractivity contribution in [3.63, 3.8) is 0 Å². The highest BCUT2D eigenvalue weighted by Gasteiger charge is 1.95. The van der Waals surface area contributed by atoms with Crippen LogP contribution in [-0.2, 0) is 4.79 Å². The van der Waals surface area contributed by atoms with Crippen LogP contribution in [0.5, 0.6) is 0 Å². The molecule has 0 unspecified atom stereocenters. The van der Waals surface area contributed by atoms with Crippen molar-refractivity contribution >= 4 is 17.5 Å². The van der Waals surface area contributed by atoms with Crippen molar-refractivity contribution in [1.82, 2.24) is 4.98 Å². The Hall–Kier alpha value is -1.53. The highest BCUT2D eigenvalue weighted by molar-refractivity contribution is 6.30. The van der Waals surface area contributed by atoms with Gasteiger partial charge in [0.25, 0.3) is 5.91 Å². The smallest absolute Gasteiger partial charge is 0.293 e. The van der Waals surface area contributed by atoms with Gasteiger partial charge in [0.15, 0.2) is 0 Å². The maximum Gasteiger partial charge on any atom is 0.293 e. The van der Waals surface area contributed by atoms with E-state index in [9.17, 15) is 4.79 Å². The molecule has 2 N–H and O–H groups in total. The van der Waals surface area contributed by atoms with Crippen LogP contribution in [0.1, 0.15) is 11.1 Å². The summed E-state index contributed by atoms with van der Waals surface area (Å²) in [5.41, 5.74) is 6.29. The number of carbonyl (C=O) groups excluding carboxylic acids is 1. The van der Waals surface area contributed by atoms with Gasteiger partial charge >= 0.3 is 0 Å². The Labute approximate surface area is 80.9 Å². The second-order valence-electron chi connectivity index (χ2n) is 2.45. The van der Waals surface area contributed by atoms with Crippen molar-refractivity contribution in [2.75, 3.05) is 0 Å². The first-order chi connectivity index (χ1) is 6.09. The van der Waals surface area contributed by atoms with Crippen LogP contribution in [0, 0.1) is 18.8 Å². The van der Waals surface area contributed by atoms with Crippen molar-refractivity contribution in [2.45, 2.75) is 6.92 Å². The van der Waals surface area contributed by atoms with Crippen LogP contribution in [-0.4, -0.2) is 10.9 Å². The zero-order valence-corrected chi connectivity index (χ0v) is 7.72. The fraction of sp³-hybridized carbons (Fsp3) is 0.111. The van der Waals surface area contributed by atoms with Crippen LogP contribution in [0.3, 0.4) is 0 Å². The number of aromatic nitrogens is 1. The van der Waals surface area contributed by atoms with Crippen molar-refractivity contribution in [3.05, 3.63) is 28.5 Å². The van der Waals surface area contributed by atoms with E-state index in [0.29, 0.717) is 10.7 Å². The third kappa shape index (κ3) is 2.77. The van der Waals surface area contributed by atoms with Gasteiger partial charge in [0, 0.05) is 17.7 Å². The summed E-state index contributed by atoms with van der Waals surface area (Å²) in [7, 11) is 0. The Kier molecular flexibility index (Phi) is 2.88. The van der Waals surface area contributed by atoms with Gasteiger partial charge in [0.2, 0.25) is 0 Å². The molecule has 0 saturated heterocycles. The quantitative estimate of drug-likeness (QED) is 0.493. The topological polar surface area (TPSA) is 56.0 Å². The fourth-order valence-corrected chi connectivity index (χ4v) is 0.864. The lowest BCUT2D eigenvalue weighted by Crippen LogP contribution is -2.06. The number of carbonyl (C=O) groups is 1. The van der Waals surface area contributed by atoms with Crippen LogP contribution in [0.15, 0.2) is 12.3 Å². The molecule has 4 heteroatoms. The van der Waals surface area contributed by atoms with E-state index in [-0.39, 0.29) is 0 Å². The minimum atomic E-state index is -0.660. The summed E-state index contributed by atoms with van der Waals surface area (Å²) < 4.78 is 0. The van der Waals surface area contributed by atoms with Crippen LogP contribution >= 0.6 is 11.6 Å². The monoisotopic (exact) mass is 194 g/mol. The summed E-state index contributed by atoms with van der Waals surface area (Å²) in [6.45, 7) is 1.81. The molecule has 0 radical (unpaired) electrons. The van der Waals surface area contributed by atoms with Crippen molar-refractivity contribution in [1.29, 1.82) is 0 Å². The third-order valence-electron chi connectivity index (χ3n) is 1.34. The molecule has 3 nitrogen and oxygen atoms in total. The maximum absolute atomic E-state index is 10.3. The molecule has 1 amide bonds. The number of nitrogens with zero attached hydrogens (tertiary/aromatic N) is 1. The largest absolute Gasteiger partial charge is 0.359 e. The van der Waals surface area contributed by atoms with Gasteiger partial charge in [-0.1, -0.05) is 17.5 Å². The van der Waals surface area contributed by atoms with E-state index in [2.05, 4.69) is 16.8 Å². The number of hydrogen-bond donors (Lipinski definition) is 1. The molecule has 1 aromatic rings. The zero-order valence-electron chi connectivity index (χ0n) is 6.97. The molecular weight excluding hydrogens is 188 g/mol. The number of hydrogen-bond acceptors (Lipinski definition) is 2. The third-order valence-corrected chi connectivity index (χ3v) is 1.74. The van der Waals surface area contributed by atoms with Gasteiger partial charge in [-0.15, -0.1) is 0 Å². The Balaban J connectivity index is 3.00. The molecule has 0 bridgehead atoms. The lowest BCUT2D eigenvalue weighted by Gasteiger charge is -1.95. The molecule has 13 heavy (non-hydrogen) atoms. The molecule has 0 spiro atoms. The summed E-state index contributed by atoms with van der Waals surface area (Å²) in [5.74, 6) is 4.12. The predicted octanol–water partition coefficient (Wildman–Crippen LogP) is 0.880. The predicted molar refractivity (Wildman–Crippen MR) is 50.1 cm³/mol. The Morgan fingerprint density at radius 1 is 1.69 bits per heavy atom. The van der Waals surface area contributed by atoms with Gasteiger partial charge in [-0.2, -0.15) is 0 Å². The number of rotatable bonds is 0. The average molecular weight is 195 g/mol. The highest BCUT2D eigenvalue weighted by atomic mass is 35.5. The van der Waals surface area contributed by atoms with Crippen molar-refractivity contribution in [3.8, 4) is 11.8 Å². The second-order valence-corrected chi connectivity index (χ2v) is 2.80. The van der Waals surface area contributed by atoms with Crippen molar-refractivity contribution in [2.24, 2.45) is 5.73 Å². The number of amides is 1. The van der Waals surface area contributed by atoms with Crippen LogP contribution in [0.25, 0.3) is 0 Å². The normalized spacial score (nSPS) is 8.77. The van der Waals surface area contributed by atoms with Crippen LogP contribution in [0.4, 0.5) is 0 Å². The molecule has 0 aromatic carbocycles. The average Bonchev–Trinajstić information content (AvgIpc) is 2.07. The number of halogens is 1. The SMILES string of the molecule is Cc1cc(C#CC(N)=O)cnc1Cl. The lowest BCUT2D eigenvalue weighted by atomic mass is 10.2. The Morgan fingerprint density at radius 2 is 2.38 bits per heavy atom. The van der Waals surface area contributed by atoms with Gasteiger partial charge in [-0.25, -0.2) is 4.98 Å². The maximum atomic E-state index is 10.3. The second kappa shape index (κ2) is 3.92. The lowest BCUT2D eigenvalue weighted by molar-refractivity contribution is -0.112. The number of pyridine rings is 1. The fourth-order valence-electron chi connectivity index (χ4n) is 0.760. The first kappa shape index (κ1) is 9.56. The first-order valence-corrected chi connectivity index (χ1v) is 3.91. The van der Waals surface area contributed by atoms with Crippen LogP contribution < -0.4 is 5.73 Å². The van der Waals surface area contributed by atoms with Gasteiger partial charge in [0.1, 0.15) is 5.15 Å². The summed E-state index contributed by atoms with van der Waals surface area (Å²) in [4.78, 5) is 14.2. The molecule has 1 rings (SSSR count). The summed E-state index contributed by atoms with van der Waals surface area (Å²) in [6, 6.07) is 1.74. The van der Waals surface area contributed by atoms with Gasteiger partial charge in [-0.05, 0) is 18.6 Å². The Morgan fingerprint density at radius 3 is 2.92 bits per heavy atom. The molecule has 0 fully saturated rings. The van der Waals surface area contributed by atoms with Gasteiger partial charge in [0.05, 0.1) is 0 Å². The molecular formula is C9H7ClN2O. The summed E-state index contributed by atoms with van der Waals surface area (Å²) in [6.07, 6.45) is 1.49. The van der Waals surface area contributed by atoms with E-state index in [0.717, 1.165) is 5.56 Å². The van der Waals surface area contributed by atoms with Crippen molar-refractivity contribution < 1.29 is 4.79 Å². The minimum absolute atomic E-state index is 0.435. The molecule has 0 saturated carbocycles. The molecule has 0 aliphatic carbocycles. The number of nitrogens with two attached hydrogens (primary N) is 1. The zero-order chi connectivity index (χ0) is 9.84. The summed E-state index contributed by atoms with van der Waals surface area (Å²) >= 11 is 5.69. The van der Waals surface area contributed by atoms with Crippen LogP contribution in [0.2, 0.25) is 5.15 Å². The Bertz CT molecular complexity index is 404. The molecule has 0 atom stereocenters. The molecule has 1 heterocycles. The van der Waals surface area contributed by atoms with Gasteiger partial charge < -0.3 is 5.73 Å². The first-order valence-electron chi connectivity index (χ1n) is 3.53. The van der Waals surface area contributed by atoms with E-state index in [1.165, 1.54) is 6.20 Å². The minimum Gasteiger partial charge on any atom is -0.359 e. The molecule has 1 aromatic heterocycles. The molecule has 66 valence electrons. The van der Waals surface area contributed by atoms with E-state index >= 15 is 0 Å². The summed E-state index contributed by atoms with van der Waals surface area (Å²) in [5, 5.41) is 0.435. The standard InChI is InChI=1S/C9H7ClN2O/c1-6-4-7(2-3-8(11)13)5-12-9(6)10/h4-5H,1H3,(H2,11,13). The molecule has 0 aliphatic rings. The van der Waals surface area contributed by atoms with E-state index in [4.69, 9.17) is 17.3 Å². The van der Waals surface area contributed by atoms with E-state index in [1.54, 1.807) is 6.07 Å². The molecule has 0 aliphatic heterocycles. The highest BCUT2D eigenvalue weighted by Crippen LogP contribution is 2.11. The van der Waals surface area contributed by atoms with Gasteiger partial charge in [-0.3, -0.25) is 4.79 Å². The number of primary amides is 1.